The van der Waals surface area contributed by atoms with Gasteiger partial charge < -0.3 is 5.21 Å². The molecule has 0 aromatic carbocycles. The van der Waals surface area contributed by atoms with Gasteiger partial charge in [-0.1, -0.05) is 5.16 Å². The normalized spacial score (nSPS) is 13.3. The Morgan fingerprint density at radius 1 is 1.64 bits per heavy atom. The second kappa shape index (κ2) is 3.28. The molecule has 0 atom stereocenters. The maximum atomic E-state index is 11.9. The SMILES string of the molecule is CC(C)(C#N)/C(=N\O)C(F)F. The number of nitrogens with zero attached hydrogens (tertiary/aromatic N) is 2. The predicted octanol–water partition coefficient (Wildman–Crippen LogP) is 1.63. The molecule has 0 aliphatic heterocycles. The Morgan fingerprint density at radius 2 is 2.09 bits per heavy atom. The summed E-state index contributed by atoms with van der Waals surface area (Å²) in [5, 5.41) is 18.9. The smallest absolute Gasteiger partial charge is 0.281 e. The van der Waals surface area contributed by atoms with E-state index in [2.05, 4.69) is 5.16 Å². The number of alkyl halides is 2. The molecule has 0 unspecified atom stereocenters. The Hall–Kier alpha value is -1.18. The van der Waals surface area contributed by atoms with Crippen LogP contribution in [0.4, 0.5) is 8.78 Å². The first kappa shape index (κ1) is 9.82. The van der Waals surface area contributed by atoms with Crippen LogP contribution in [0.5, 0.6) is 0 Å². The average molecular weight is 162 g/mol. The number of hydrogen-bond donors (Lipinski definition) is 1. The fraction of sp³-hybridized carbons (Fsp3) is 0.667. The molecule has 0 aromatic heterocycles. The van der Waals surface area contributed by atoms with E-state index in [9.17, 15) is 8.78 Å². The highest BCUT2D eigenvalue weighted by molar-refractivity contribution is 5.93. The van der Waals surface area contributed by atoms with Crippen molar-refractivity contribution >= 4 is 5.71 Å². The minimum Gasteiger partial charge on any atom is -0.411 e. The lowest BCUT2D eigenvalue weighted by molar-refractivity contribution is 0.202. The Bertz CT molecular complexity index is 205. The van der Waals surface area contributed by atoms with Gasteiger partial charge in [-0.3, -0.25) is 0 Å². The third kappa shape index (κ3) is 2.15. The standard InChI is InChI=1S/C6H8F2N2O/c1-6(2,3-9)4(10-11)5(7)8/h5,11H,1-2H3/b10-4-. The van der Waals surface area contributed by atoms with Crippen molar-refractivity contribution in [3.8, 4) is 6.07 Å². The maximum Gasteiger partial charge on any atom is 0.281 e. The Morgan fingerprint density at radius 3 is 2.18 bits per heavy atom. The van der Waals surface area contributed by atoms with Gasteiger partial charge in [0.05, 0.1) is 11.5 Å². The summed E-state index contributed by atoms with van der Waals surface area (Å²) in [4.78, 5) is 0. The zero-order valence-corrected chi connectivity index (χ0v) is 6.17. The van der Waals surface area contributed by atoms with E-state index in [1.54, 1.807) is 6.07 Å². The van der Waals surface area contributed by atoms with Crippen molar-refractivity contribution in [2.24, 2.45) is 10.6 Å². The van der Waals surface area contributed by atoms with Crippen LogP contribution >= 0.6 is 0 Å². The van der Waals surface area contributed by atoms with Crippen molar-refractivity contribution < 1.29 is 14.0 Å². The van der Waals surface area contributed by atoms with Crippen LogP contribution in [0.15, 0.2) is 5.16 Å². The van der Waals surface area contributed by atoms with Crippen LogP contribution in [-0.4, -0.2) is 17.3 Å². The van der Waals surface area contributed by atoms with Crippen molar-refractivity contribution in [3.63, 3.8) is 0 Å². The predicted molar refractivity (Wildman–Crippen MR) is 34.6 cm³/mol. The molecule has 3 nitrogen and oxygen atoms in total. The topological polar surface area (TPSA) is 56.4 Å². The first-order valence-electron chi connectivity index (χ1n) is 2.87. The summed E-state index contributed by atoms with van der Waals surface area (Å²) >= 11 is 0. The highest BCUT2D eigenvalue weighted by Gasteiger charge is 2.32. The van der Waals surface area contributed by atoms with Gasteiger partial charge in [0.1, 0.15) is 5.71 Å². The zero-order chi connectivity index (χ0) is 9.07. The van der Waals surface area contributed by atoms with Crippen LogP contribution in [0.1, 0.15) is 13.8 Å². The van der Waals surface area contributed by atoms with Gasteiger partial charge in [0.2, 0.25) is 0 Å². The highest BCUT2D eigenvalue weighted by Crippen LogP contribution is 2.20. The van der Waals surface area contributed by atoms with Crippen LogP contribution in [-0.2, 0) is 0 Å². The molecule has 0 heterocycles. The Labute approximate surface area is 62.9 Å². The summed E-state index contributed by atoms with van der Waals surface area (Å²) in [6.07, 6.45) is -2.89. The van der Waals surface area contributed by atoms with Gasteiger partial charge in [-0.05, 0) is 13.8 Å². The molecule has 0 radical (unpaired) electrons. The van der Waals surface area contributed by atoms with Crippen molar-refractivity contribution in [1.82, 2.24) is 0 Å². The van der Waals surface area contributed by atoms with Crippen molar-refractivity contribution in [3.05, 3.63) is 0 Å². The molecule has 0 aliphatic rings. The van der Waals surface area contributed by atoms with Crippen molar-refractivity contribution in [2.75, 3.05) is 0 Å². The molecular weight excluding hydrogens is 154 g/mol. The number of oxime groups is 1. The lowest BCUT2D eigenvalue weighted by Crippen LogP contribution is -2.28. The van der Waals surface area contributed by atoms with Crippen LogP contribution in [0.3, 0.4) is 0 Å². The van der Waals surface area contributed by atoms with Gasteiger partial charge in [-0.2, -0.15) is 5.26 Å². The van der Waals surface area contributed by atoms with Gasteiger partial charge in [-0.15, -0.1) is 0 Å². The summed E-state index contributed by atoms with van der Waals surface area (Å²) in [6.45, 7) is 2.52. The molecule has 0 saturated carbocycles. The number of nitriles is 1. The number of halogens is 2. The van der Waals surface area contributed by atoms with E-state index in [0.717, 1.165) is 0 Å². The quantitative estimate of drug-likeness (QED) is 0.381. The van der Waals surface area contributed by atoms with E-state index in [0.29, 0.717) is 0 Å². The Balaban J connectivity index is 4.70. The van der Waals surface area contributed by atoms with Gasteiger partial charge in [0.15, 0.2) is 0 Å². The molecular formula is C6H8F2N2O. The van der Waals surface area contributed by atoms with E-state index in [1.807, 2.05) is 0 Å². The van der Waals surface area contributed by atoms with Crippen LogP contribution in [0.2, 0.25) is 0 Å². The molecule has 11 heavy (non-hydrogen) atoms. The third-order valence-corrected chi connectivity index (χ3v) is 1.23. The molecule has 0 saturated heterocycles. The second-order valence-corrected chi connectivity index (χ2v) is 2.52. The summed E-state index contributed by atoms with van der Waals surface area (Å²) in [5.74, 6) is 0. The summed E-state index contributed by atoms with van der Waals surface area (Å²) in [6, 6.07) is 1.60. The minimum atomic E-state index is -2.89. The van der Waals surface area contributed by atoms with E-state index in [4.69, 9.17) is 10.5 Å². The molecule has 5 heteroatoms. The molecule has 1 N–H and O–H groups in total. The highest BCUT2D eigenvalue weighted by atomic mass is 19.3. The number of hydrogen-bond acceptors (Lipinski definition) is 3. The maximum absolute atomic E-state index is 11.9. The van der Waals surface area contributed by atoms with Crippen LogP contribution in [0.25, 0.3) is 0 Å². The largest absolute Gasteiger partial charge is 0.411 e. The molecule has 0 bridgehead atoms. The monoisotopic (exact) mass is 162 g/mol. The fourth-order valence-electron chi connectivity index (χ4n) is 0.499. The van der Waals surface area contributed by atoms with Crippen molar-refractivity contribution in [2.45, 2.75) is 20.3 Å². The number of rotatable bonds is 2. The molecule has 0 rings (SSSR count). The molecule has 0 amide bonds. The van der Waals surface area contributed by atoms with Crippen LogP contribution in [0, 0.1) is 16.7 Å². The Kier molecular flexibility index (Phi) is 2.93. The minimum absolute atomic E-state index is 0.806. The second-order valence-electron chi connectivity index (χ2n) is 2.52. The first-order chi connectivity index (χ1) is 4.95. The van der Waals surface area contributed by atoms with E-state index in [1.165, 1.54) is 13.8 Å². The average Bonchev–Trinajstić information content (AvgIpc) is 1.88. The van der Waals surface area contributed by atoms with E-state index < -0.39 is 17.6 Å². The first-order valence-corrected chi connectivity index (χ1v) is 2.87. The lowest BCUT2D eigenvalue weighted by atomic mass is 9.89. The summed E-state index contributed by atoms with van der Waals surface area (Å²) in [5.41, 5.74) is -2.22. The molecule has 62 valence electrons. The fourth-order valence-corrected chi connectivity index (χ4v) is 0.499. The third-order valence-electron chi connectivity index (χ3n) is 1.23. The molecule has 0 aliphatic carbocycles. The zero-order valence-electron chi connectivity index (χ0n) is 6.17. The molecule has 0 spiro atoms. The lowest BCUT2D eigenvalue weighted by Gasteiger charge is -2.15. The van der Waals surface area contributed by atoms with Gasteiger partial charge in [0.25, 0.3) is 6.43 Å². The molecule has 0 aromatic rings. The van der Waals surface area contributed by atoms with Crippen molar-refractivity contribution in [1.29, 1.82) is 5.26 Å². The van der Waals surface area contributed by atoms with E-state index in [-0.39, 0.29) is 0 Å². The van der Waals surface area contributed by atoms with Gasteiger partial charge in [-0.25, -0.2) is 8.78 Å². The summed E-state index contributed by atoms with van der Waals surface area (Å²) in [7, 11) is 0. The van der Waals surface area contributed by atoms with Crippen LogP contribution < -0.4 is 0 Å². The summed E-state index contributed by atoms with van der Waals surface area (Å²) < 4.78 is 23.9. The molecule has 0 fully saturated rings. The van der Waals surface area contributed by atoms with Gasteiger partial charge >= 0.3 is 0 Å². The van der Waals surface area contributed by atoms with Gasteiger partial charge in [0, 0.05) is 0 Å². The van der Waals surface area contributed by atoms with E-state index >= 15 is 0 Å².